The molecule has 0 aromatic carbocycles. The second-order valence-corrected chi connectivity index (χ2v) is 5.55. The van der Waals surface area contributed by atoms with Crippen LogP contribution in [0.2, 0.25) is 0 Å². The van der Waals surface area contributed by atoms with Crippen LogP contribution >= 0.6 is 0 Å². The Morgan fingerprint density at radius 1 is 1.33 bits per heavy atom. The normalized spacial score (nSPS) is 18.6. The highest BCUT2D eigenvalue weighted by Crippen LogP contribution is 2.27. The molecule has 1 saturated carbocycles. The van der Waals surface area contributed by atoms with Crippen molar-refractivity contribution in [3.05, 3.63) is 0 Å². The summed E-state index contributed by atoms with van der Waals surface area (Å²) in [7, 11) is 0. The van der Waals surface area contributed by atoms with Crippen LogP contribution in [0.15, 0.2) is 0 Å². The summed E-state index contributed by atoms with van der Waals surface area (Å²) in [5.41, 5.74) is 0. The highest BCUT2D eigenvalue weighted by molar-refractivity contribution is 5.69. The summed E-state index contributed by atoms with van der Waals surface area (Å²) in [6.07, 6.45) is 9.41. The number of carbonyl (C=O) groups excluding carboxylic acids is 1. The van der Waals surface area contributed by atoms with Gasteiger partial charge < -0.3 is 10.1 Å². The molecule has 0 saturated heterocycles. The van der Waals surface area contributed by atoms with Crippen LogP contribution in [0.3, 0.4) is 0 Å². The SMILES string of the molecule is CCCNCC(C)OC(=O)CCC1CCCCC1. The summed E-state index contributed by atoms with van der Waals surface area (Å²) < 4.78 is 5.39. The van der Waals surface area contributed by atoms with Gasteiger partial charge in [-0.1, -0.05) is 39.0 Å². The molecule has 1 N–H and O–H groups in total. The fraction of sp³-hybridized carbons (Fsp3) is 0.933. The molecule has 0 amide bonds. The molecule has 106 valence electrons. The first-order valence-electron chi connectivity index (χ1n) is 7.62. The van der Waals surface area contributed by atoms with Crippen LogP contribution < -0.4 is 5.32 Å². The molecule has 0 aliphatic heterocycles. The molecule has 1 aliphatic carbocycles. The third-order valence-electron chi connectivity index (χ3n) is 3.67. The third-order valence-corrected chi connectivity index (χ3v) is 3.67. The monoisotopic (exact) mass is 255 g/mol. The lowest BCUT2D eigenvalue weighted by atomic mass is 9.86. The molecule has 0 bridgehead atoms. The first-order valence-corrected chi connectivity index (χ1v) is 7.62. The lowest BCUT2D eigenvalue weighted by molar-refractivity contribution is -0.148. The van der Waals surface area contributed by atoms with Gasteiger partial charge >= 0.3 is 5.97 Å². The fourth-order valence-corrected chi connectivity index (χ4v) is 2.60. The number of carbonyl (C=O) groups is 1. The number of hydrogen-bond acceptors (Lipinski definition) is 3. The average Bonchev–Trinajstić information content (AvgIpc) is 2.38. The first kappa shape index (κ1) is 15.5. The molecular formula is C15H29NO2. The van der Waals surface area contributed by atoms with Crippen LogP contribution in [0.5, 0.6) is 0 Å². The maximum Gasteiger partial charge on any atom is 0.306 e. The Hall–Kier alpha value is -0.570. The van der Waals surface area contributed by atoms with E-state index in [0.29, 0.717) is 6.42 Å². The van der Waals surface area contributed by atoms with E-state index in [1.807, 2.05) is 6.92 Å². The molecule has 3 nitrogen and oxygen atoms in total. The van der Waals surface area contributed by atoms with E-state index in [-0.39, 0.29) is 12.1 Å². The Morgan fingerprint density at radius 2 is 2.06 bits per heavy atom. The van der Waals surface area contributed by atoms with Gasteiger partial charge in [0.25, 0.3) is 0 Å². The van der Waals surface area contributed by atoms with Crippen molar-refractivity contribution in [1.29, 1.82) is 0 Å². The number of rotatable bonds is 8. The van der Waals surface area contributed by atoms with Crippen molar-refractivity contribution in [3.63, 3.8) is 0 Å². The zero-order valence-electron chi connectivity index (χ0n) is 12.0. The lowest BCUT2D eigenvalue weighted by Crippen LogP contribution is -2.29. The van der Waals surface area contributed by atoms with Crippen molar-refractivity contribution in [2.24, 2.45) is 5.92 Å². The van der Waals surface area contributed by atoms with Crippen molar-refractivity contribution >= 4 is 5.97 Å². The van der Waals surface area contributed by atoms with Crippen molar-refractivity contribution in [2.75, 3.05) is 13.1 Å². The first-order chi connectivity index (χ1) is 8.72. The second-order valence-electron chi connectivity index (χ2n) is 5.55. The Bertz CT molecular complexity index is 225. The van der Waals surface area contributed by atoms with Crippen molar-refractivity contribution in [2.45, 2.75) is 71.3 Å². The van der Waals surface area contributed by atoms with Crippen LogP contribution in [-0.4, -0.2) is 25.2 Å². The smallest absolute Gasteiger partial charge is 0.306 e. The lowest BCUT2D eigenvalue weighted by Gasteiger charge is -2.21. The summed E-state index contributed by atoms with van der Waals surface area (Å²) >= 11 is 0. The molecule has 1 aliphatic rings. The van der Waals surface area contributed by atoms with Crippen molar-refractivity contribution in [1.82, 2.24) is 5.32 Å². The second kappa shape index (κ2) is 9.37. The molecule has 1 fully saturated rings. The molecule has 3 heteroatoms. The molecule has 1 atom stereocenters. The maximum atomic E-state index is 11.7. The average molecular weight is 255 g/mol. The molecule has 0 aromatic heterocycles. The standard InChI is InChI=1S/C15H29NO2/c1-3-11-16-12-13(2)18-15(17)10-9-14-7-5-4-6-8-14/h13-14,16H,3-12H2,1-2H3. The third kappa shape index (κ3) is 7.00. The molecular weight excluding hydrogens is 226 g/mol. The topological polar surface area (TPSA) is 38.3 Å². The van der Waals surface area contributed by atoms with E-state index < -0.39 is 0 Å². The Morgan fingerprint density at radius 3 is 2.72 bits per heavy atom. The van der Waals surface area contributed by atoms with E-state index in [1.165, 1.54) is 32.1 Å². The van der Waals surface area contributed by atoms with Crippen LogP contribution in [-0.2, 0) is 9.53 Å². The predicted octanol–water partition coefficient (Wildman–Crippen LogP) is 3.28. The number of esters is 1. The van der Waals surface area contributed by atoms with Crippen molar-refractivity contribution < 1.29 is 9.53 Å². The van der Waals surface area contributed by atoms with Gasteiger partial charge in [0.15, 0.2) is 0 Å². The number of ether oxygens (including phenoxy) is 1. The van der Waals surface area contributed by atoms with E-state index >= 15 is 0 Å². The minimum atomic E-state index is -0.0219. The van der Waals surface area contributed by atoms with E-state index in [2.05, 4.69) is 12.2 Å². The summed E-state index contributed by atoms with van der Waals surface area (Å²) in [4.78, 5) is 11.7. The minimum absolute atomic E-state index is 0.00425. The summed E-state index contributed by atoms with van der Waals surface area (Å²) in [6.45, 7) is 5.85. The van der Waals surface area contributed by atoms with E-state index in [0.717, 1.165) is 31.8 Å². The maximum absolute atomic E-state index is 11.7. The summed E-state index contributed by atoms with van der Waals surface area (Å²) in [6, 6.07) is 0. The molecule has 0 radical (unpaired) electrons. The van der Waals surface area contributed by atoms with Crippen LogP contribution in [0, 0.1) is 5.92 Å². The zero-order chi connectivity index (χ0) is 13.2. The molecule has 1 rings (SSSR count). The van der Waals surface area contributed by atoms with Gasteiger partial charge in [0.2, 0.25) is 0 Å². The van der Waals surface area contributed by atoms with Crippen LogP contribution in [0.25, 0.3) is 0 Å². The van der Waals surface area contributed by atoms with Crippen molar-refractivity contribution in [3.8, 4) is 0 Å². The van der Waals surface area contributed by atoms with E-state index in [1.54, 1.807) is 0 Å². The number of nitrogens with one attached hydrogen (secondary N) is 1. The predicted molar refractivity (Wildman–Crippen MR) is 74.5 cm³/mol. The van der Waals surface area contributed by atoms with Gasteiger partial charge in [-0.15, -0.1) is 0 Å². The van der Waals surface area contributed by atoms with Crippen LogP contribution in [0.1, 0.15) is 65.2 Å². The van der Waals surface area contributed by atoms with Gasteiger partial charge in [-0.25, -0.2) is 0 Å². The Labute approximate surface area is 112 Å². The van der Waals surface area contributed by atoms with Gasteiger partial charge in [0.1, 0.15) is 6.10 Å². The molecule has 1 unspecified atom stereocenters. The van der Waals surface area contributed by atoms with Gasteiger partial charge in [-0.2, -0.15) is 0 Å². The highest BCUT2D eigenvalue weighted by Gasteiger charge is 2.16. The largest absolute Gasteiger partial charge is 0.461 e. The number of hydrogen-bond donors (Lipinski definition) is 1. The molecule has 0 aromatic rings. The van der Waals surface area contributed by atoms with Gasteiger partial charge in [0.05, 0.1) is 0 Å². The summed E-state index contributed by atoms with van der Waals surface area (Å²) in [5.74, 6) is 0.742. The zero-order valence-corrected chi connectivity index (χ0v) is 12.0. The van der Waals surface area contributed by atoms with E-state index in [9.17, 15) is 4.79 Å². The van der Waals surface area contributed by atoms with Gasteiger partial charge in [-0.05, 0) is 32.2 Å². The molecule has 0 heterocycles. The van der Waals surface area contributed by atoms with Gasteiger partial charge in [0, 0.05) is 13.0 Å². The highest BCUT2D eigenvalue weighted by atomic mass is 16.5. The molecule has 0 spiro atoms. The summed E-state index contributed by atoms with van der Waals surface area (Å²) in [5, 5.41) is 3.27. The quantitative estimate of drug-likeness (QED) is 0.534. The minimum Gasteiger partial charge on any atom is -0.461 e. The fourth-order valence-electron chi connectivity index (χ4n) is 2.60. The Kier molecular flexibility index (Phi) is 8.06. The van der Waals surface area contributed by atoms with Gasteiger partial charge in [-0.3, -0.25) is 4.79 Å². The molecule has 18 heavy (non-hydrogen) atoms. The Balaban J connectivity index is 2.05. The van der Waals surface area contributed by atoms with E-state index in [4.69, 9.17) is 4.74 Å². The van der Waals surface area contributed by atoms with Crippen LogP contribution in [0.4, 0.5) is 0 Å².